The molecule has 1 aliphatic heterocycles. The second-order valence-electron chi connectivity index (χ2n) is 11.2. The molecule has 1 aliphatic carbocycles. The third kappa shape index (κ3) is 14.5. The molecule has 260 valence electrons. The number of non-ortho nitro benzene ring substituents is 1. The molecule has 0 atom stereocenters. The van der Waals surface area contributed by atoms with E-state index in [2.05, 4.69) is 0 Å². The second-order valence-corrected chi connectivity index (χ2v) is 11.2. The molecule has 0 bridgehead atoms. The fourth-order valence-corrected chi connectivity index (χ4v) is 5.36. The minimum absolute atomic E-state index is 0. The maximum atomic E-state index is 13.8. The Labute approximate surface area is 303 Å². The number of ether oxygens (including phenoxy) is 1. The molecule has 0 saturated heterocycles. The Morgan fingerprint density at radius 3 is 1.70 bits per heavy atom. The van der Waals surface area contributed by atoms with Crippen LogP contribution in [0, 0.1) is 50.1 Å². The molecule has 1 heterocycles. The molecule has 1 aromatic rings. The Morgan fingerprint density at radius 2 is 1.23 bits per heavy atom. The smallest absolute Gasteiger partial charge is 0.331 e. The van der Waals surface area contributed by atoms with E-state index in [0.29, 0.717) is 12.8 Å². The first-order valence-corrected chi connectivity index (χ1v) is 14.9. The van der Waals surface area contributed by atoms with E-state index in [4.69, 9.17) is 4.74 Å². The number of hydrogen-bond donors (Lipinski definition) is 3. The van der Waals surface area contributed by atoms with Crippen molar-refractivity contribution < 1.29 is 88.9 Å². The number of esters is 1. The molecule has 1 saturated carbocycles. The molecule has 3 N–H and O–H groups in total. The summed E-state index contributed by atoms with van der Waals surface area (Å²) < 4.78 is 5.36. The molecule has 2 aliphatic rings. The largest absolute Gasteiger partial charge is 0.480 e. The summed E-state index contributed by atoms with van der Waals surface area (Å²) in [7, 11) is 0. The number of carboxylic acid groups (broad SMARTS) is 3. The Kier molecular flexibility index (Phi) is 16.9. The Hall–Kier alpha value is -3.45. The molecule has 0 spiro atoms. The van der Waals surface area contributed by atoms with Crippen molar-refractivity contribution in [3.8, 4) is 5.75 Å². The minimum Gasteiger partial charge on any atom is -0.480 e. The molecule has 3 rings (SSSR count). The Balaban J connectivity index is 0.00000768. The Bertz CT molecular complexity index is 1280. The summed E-state index contributed by atoms with van der Waals surface area (Å²) in [5, 5.41) is 39.1. The molecule has 0 unspecified atom stereocenters. The first kappa shape index (κ1) is 39.7. The van der Waals surface area contributed by atoms with Crippen molar-refractivity contribution in [2.45, 2.75) is 31.7 Å². The first-order chi connectivity index (χ1) is 21.9. The van der Waals surface area contributed by atoms with E-state index in [9.17, 15) is 49.4 Å². The van der Waals surface area contributed by atoms with Gasteiger partial charge in [-0.2, -0.15) is 0 Å². The molecule has 1 fully saturated rings. The quantitative estimate of drug-likeness (QED) is 0.105. The second kappa shape index (κ2) is 20.0. The van der Waals surface area contributed by atoms with Gasteiger partial charge < -0.3 is 34.8 Å². The van der Waals surface area contributed by atoms with Crippen molar-refractivity contribution in [1.29, 1.82) is 0 Å². The van der Waals surface area contributed by atoms with E-state index in [0.717, 1.165) is 12.8 Å². The summed E-state index contributed by atoms with van der Waals surface area (Å²) in [4.78, 5) is 79.3. The number of rotatable bonds is 13. The van der Waals surface area contributed by atoms with Crippen LogP contribution < -0.4 is 4.74 Å². The standard InChI is InChI=1S/C29H40N6O11.Gd/c36-25(34(22-3-1-2-4-22)21-29(43)46-24-7-5-23(6-8-24)35(44)45)17-30-9-11-31(18-26(37)38)13-15-33(20-28(41)42)16-14-32(12-10-30)19-27(39)40;/h5-8,13,15,22H,1-4,9-12,14,16-21H2,(H,37,38)(H,39,40)(H,41,42);/b15-13-;. The van der Waals surface area contributed by atoms with E-state index >= 15 is 0 Å². The number of hydrogen-bond acceptors (Lipinski definition) is 12. The SMILES string of the molecule is O=C(O)CN1/C=C\N(CC(=O)O)CCN(CC(=O)N(CC(=O)Oc2ccc([N+](=O)[O-])cc2)C2CCCC2)CCN(CC(=O)O)CC1.[Gd]. The normalized spacial score (nSPS) is 17.4. The number of aliphatic carboxylic acids is 3. The summed E-state index contributed by atoms with van der Waals surface area (Å²) in [5.74, 6) is -4.22. The number of nitro groups is 1. The van der Waals surface area contributed by atoms with Crippen molar-refractivity contribution >= 4 is 35.5 Å². The third-order valence-corrected chi connectivity index (χ3v) is 7.69. The summed E-state index contributed by atoms with van der Waals surface area (Å²) in [6, 6.07) is 4.82. The summed E-state index contributed by atoms with van der Waals surface area (Å²) in [6.07, 6.45) is 6.11. The van der Waals surface area contributed by atoms with E-state index < -0.39 is 28.8 Å². The van der Waals surface area contributed by atoms with Crippen LogP contribution in [-0.2, 0) is 24.0 Å². The number of carbonyl (C=O) groups excluding carboxylic acids is 2. The number of carboxylic acids is 3. The van der Waals surface area contributed by atoms with Crippen molar-refractivity contribution in [2.75, 3.05) is 72.0 Å². The maximum absolute atomic E-state index is 13.8. The molecule has 0 radical (unpaired) electrons. The van der Waals surface area contributed by atoms with Gasteiger partial charge in [-0.25, -0.2) is 4.79 Å². The fraction of sp³-hybridized carbons (Fsp3) is 0.552. The van der Waals surface area contributed by atoms with Crippen molar-refractivity contribution in [2.24, 2.45) is 0 Å². The zero-order valence-electron chi connectivity index (χ0n) is 25.8. The number of carbonyl (C=O) groups is 5. The molecule has 17 nitrogen and oxygen atoms in total. The number of benzene rings is 1. The van der Waals surface area contributed by atoms with E-state index in [1.165, 1.54) is 51.4 Å². The average molecular weight is 806 g/mol. The van der Waals surface area contributed by atoms with Gasteiger partial charge in [-0.1, -0.05) is 12.8 Å². The van der Waals surface area contributed by atoms with Crippen LogP contribution in [0.15, 0.2) is 36.7 Å². The van der Waals surface area contributed by atoms with E-state index in [-0.39, 0.29) is 135 Å². The molecule has 0 aromatic heterocycles. The average Bonchev–Trinajstić information content (AvgIpc) is 3.51. The van der Waals surface area contributed by atoms with Crippen molar-refractivity contribution in [3.63, 3.8) is 0 Å². The molecular weight excluding hydrogens is 766 g/mol. The Morgan fingerprint density at radius 1 is 0.766 bits per heavy atom. The van der Waals surface area contributed by atoms with Crippen molar-refractivity contribution in [3.05, 3.63) is 46.8 Å². The van der Waals surface area contributed by atoms with Gasteiger partial charge in [0.2, 0.25) is 5.91 Å². The van der Waals surface area contributed by atoms with E-state index in [1.807, 2.05) is 0 Å². The summed E-state index contributed by atoms with van der Waals surface area (Å²) in [5.41, 5.74) is -0.162. The van der Waals surface area contributed by atoms with Gasteiger partial charge in [0.1, 0.15) is 25.4 Å². The molecule has 47 heavy (non-hydrogen) atoms. The van der Waals surface area contributed by atoms with Crippen molar-refractivity contribution in [1.82, 2.24) is 24.5 Å². The van der Waals surface area contributed by atoms with Crippen LogP contribution in [0.4, 0.5) is 5.69 Å². The van der Waals surface area contributed by atoms with Gasteiger partial charge in [0.25, 0.3) is 5.69 Å². The summed E-state index contributed by atoms with van der Waals surface area (Å²) in [6.45, 7) is -0.268. The van der Waals surface area contributed by atoms with Crippen LogP contribution >= 0.6 is 0 Å². The van der Waals surface area contributed by atoms with Crippen LogP contribution in [0.5, 0.6) is 5.75 Å². The predicted molar refractivity (Wildman–Crippen MR) is 161 cm³/mol. The molecule has 18 heteroatoms. The monoisotopic (exact) mass is 806 g/mol. The van der Waals surface area contributed by atoms with Crippen LogP contribution in [0.1, 0.15) is 25.7 Å². The van der Waals surface area contributed by atoms with Gasteiger partial charge in [0, 0.05) is 110 Å². The maximum Gasteiger partial charge on any atom is 0.331 e. The van der Waals surface area contributed by atoms with Crippen LogP contribution in [0.25, 0.3) is 0 Å². The van der Waals surface area contributed by atoms with Crippen LogP contribution in [0.2, 0.25) is 0 Å². The first-order valence-electron chi connectivity index (χ1n) is 14.9. The zero-order chi connectivity index (χ0) is 33.6. The number of nitrogens with zero attached hydrogens (tertiary/aromatic N) is 6. The van der Waals surface area contributed by atoms with Gasteiger partial charge >= 0.3 is 23.9 Å². The molecular formula is C29H40GdN6O11. The minimum atomic E-state index is -1.10. The number of nitro benzene ring substituents is 1. The van der Waals surface area contributed by atoms with Crippen LogP contribution in [0.3, 0.4) is 0 Å². The zero-order valence-corrected chi connectivity index (χ0v) is 28.1. The van der Waals surface area contributed by atoms with Gasteiger partial charge in [0.05, 0.1) is 18.0 Å². The van der Waals surface area contributed by atoms with Gasteiger partial charge in [0.15, 0.2) is 0 Å². The summed E-state index contributed by atoms with van der Waals surface area (Å²) >= 11 is 0. The van der Waals surface area contributed by atoms with Gasteiger partial charge in [-0.05, 0) is 25.0 Å². The van der Waals surface area contributed by atoms with Crippen LogP contribution in [-0.4, -0.2) is 153 Å². The van der Waals surface area contributed by atoms with E-state index in [1.54, 1.807) is 9.80 Å². The fourth-order valence-electron chi connectivity index (χ4n) is 5.36. The molecule has 1 amide bonds. The predicted octanol–water partition coefficient (Wildman–Crippen LogP) is 0.218. The number of amides is 1. The third-order valence-electron chi connectivity index (χ3n) is 7.69. The van der Waals surface area contributed by atoms with Gasteiger partial charge in [-0.15, -0.1) is 0 Å². The molecule has 1 aromatic carbocycles. The topological polar surface area (TPSA) is 215 Å². The van der Waals surface area contributed by atoms with Gasteiger partial charge in [-0.3, -0.25) is 39.1 Å².